The number of phenolic OH excluding ortho intramolecular Hbond substituents is 1. The summed E-state index contributed by atoms with van der Waals surface area (Å²) in [6.07, 6.45) is 0.921. The molecule has 29 heavy (non-hydrogen) atoms. The molecule has 0 fully saturated rings. The standard InChI is InChI=1S/C18H13Cl2FN2O6/c1-2-29-18(26)10(8-22-12-5-3-4-6-13(12)24)17(25)9-7-11(21)15(20)16(14(9)19)23(27)28/h3-8,22,24H,2H2,1H3/b10-8-. The summed E-state index contributed by atoms with van der Waals surface area (Å²) >= 11 is 11.5. The highest BCUT2D eigenvalue weighted by Crippen LogP contribution is 2.38. The first-order chi connectivity index (χ1) is 13.7. The van der Waals surface area contributed by atoms with Gasteiger partial charge < -0.3 is 15.2 Å². The number of Topliss-reactive ketones (excluding diaryl/α,β-unsaturated/α-hetero) is 1. The van der Waals surface area contributed by atoms with Gasteiger partial charge in [-0.15, -0.1) is 0 Å². The molecule has 0 saturated heterocycles. The number of carbonyl (C=O) groups is 2. The number of nitrogens with zero attached hydrogens (tertiary/aromatic N) is 1. The first kappa shape index (κ1) is 22.1. The molecule has 0 saturated carbocycles. The molecule has 0 bridgehead atoms. The lowest BCUT2D eigenvalue weighted by molar-refractivity contribution is -0.384. The summed E-state index contributed by atoms with van der Waals surface area (Å²) in [5.74, 6) is -3.67. The number of aromatic hydroxyl groups is 1. The molecule has 0 aliphatic heterocycles. The van der Waals surface area contributed by atoms with Gasteiger partial charge in [-0.3, -0.25) is 14.9 Å². The molecule has 152 valence electrons. The maximum absolute atomic E-state index is 14.0. The summed E-state index contributed by atoms with van der Waals surface area (Å²) in [5, 5.41) is 21.9. The number of para-hydroxylation sites is 2. The zero-order valence-electron chi connectivity index (χ0n) is 14.7. The molecule has 0 aromatic heterocycles. The van der Waals surface area contributed by atoms with Gasteiger partial charge in [-0.1, -0.05) is 35.3 Å². The predicted octanol–water partition coefficient (Wildman–Crippen LogP) is 4.49. The summed E-state index contributed by atoms with van der Waals surface area (Å²) in [6.45, 7) is 1.42. The number of nitrogens with one attached hydrogen (secondary N) is 1. The molecule has 0 amide bonds. The predicted molar refractivity (Wildman–Crippen MR) is 104 cm³/mol. The van der Waals surface area contributed by atoms with Crippen molar-refractivity contribution in [1.82, 2.24) is 0 Å². The van der Waals surface area contributed by atoms with Crippen LogP contribution in [0.3, 0.4) is 0 Å². The minimum atomic E-state index is -1.26. The number of halogens is 3. The summed E-state index contributed by atoms with van der Waals surface area (Å²) in [7, 11) is 0. The molecule has 0 unspecified atom stereocenters. The Kier molecular flexibility index (Phi) is 7.13. The van der Waals surface area contributed by atoms with E-state index >= 15 is 0 Å². The van der Waals surface area contributed by atoms with Gasteiger partial charge in [0.1, 0.15) is 22.2 Å². The highest BCUT2D eigenvalue weighted by Gasteiger charge is 2.31. The maximum atomic E-state index is 14.0. The molecule has 0 aliphatic carbocycles. The van der Waals surface area contributed by atoms with E-state index in [0.29, 0.717) is 6.07 Å². The average molecular weight is 443 g/mol. The third-order valence-corrected chi connectivity index (χ3v) is 4.32. The van der Waals surface area contributed by atoms with Crippen molar-refractivity contribution in [3.63, 3.8) is 0 Å². The van der Waals surface area contributed by atoms with E-state index in [0.717, 1.165) is 6.20 Å². The quantitative estimate of drug-likeness (QED) is 0.0745. The Labute approximate surface area is 173 Å². The lowest BCUT2D eigenvalue weighted by Gasteiger charge is -2.10. The molecule has 0 aliphatic rings. The monoisotopic (exact) mass is 442 g/mol. The second-order valence-corrected chi connectivity index (χ2v) is 6.16. The van der Waals surface area contributed by atoms with Crippen molar-refractivity contribution in [1.29, 1.82) is 0 Å². The number of esters is 1. The van der Waals surface area contributed by atoms with Crippen LogP contribution in [0.15, 0.2) is 42.1 Å². The number of rotatable bonds is 7. The largest absolute Gasteiger partial charge is 0.506 e. The number of carbonyl (C=O) groups excluding carboxylic acids is 2. The normalized spacial score (nSPS) is 11.1. The van der Waals surface area contributed by atoms with E-state index in [-0.39, 0.29) is 18.0 Å². The van der Waals surface area contributed by atoms with Crippen molar-refractivity contribution in [3.05, 3.63) is 73.6 Å². The third-order valence-electron chi connectivity index (χ3n) is 3.58. The van der Waals surface area contributed by atoms with Crippen LogP contribution in [0.25, 0.3) is 0 Å². The zero-order valence-corrected chi connectivity index (χ0v) is 16.3. The topological polar surface area (TPSA) is 119 Å². The number of ketones is 1. The van der Waals surface area contributed by atoms with E-state index in [4.69, 9.17) is 27.9 Å². The van der Waals surface area contributed by atoms with E-state index < -0.39 is 49.4 Å². The fourth-order valence-electron chi connectivity index (χ4n) is 2.23. The molecule has 11 heteroatoms. The third kappa shape index (κ3) is 4.82. The molecule has 0 heterocycles. The van der Waals surface area contributed by atoms with Crippen molar-refractivity contribution >= 4 is 46.3 Å². The van der Waals surface area contributed by atoms with E-state index in [1.165, 1.54) is 19.1 Å². The van der Waals surface area contributed by atoms with Gasteiger partial charge >= 0.3 is 11.7 Å². The van der Waals surface area contributed by atoms with Crippen LogP contribution in [0.4, 0.5) is 15.8 Å². The Morgan fingerprint density at radius 2 is 1.97 bits per heavy atom. The number of hydrogen-bond acceptors (Lipinski definition) is 7. The van der Waals surface area contributed by atoms with Crippen LogP contribution in [0.5, 0.6) is 5.75 Å². The van der Waals surface area contributed by atoms with Crippen LogP contribution in [-0.2, 0) is 9.53 Å². The molecule has 2 aromatic rings. The van der Waals surface area contributed by atoms with Crippen LogP contribution in [0.1, 0.15) is 17.3 Å². The number of nitro benzene ring substituents is 1. The van der Waals surface area contributed by atoms with Gasteiger partial charge in [0, 0.05) is 6.20 Å². The molecule has 2 N–H and O–H groups in total. The smallest absolute Gasteiger partial charge is 0.343 e. The summed E-state index contributed by atoms with van der Waals surface area (Å²) < 4.78 is 18.8. The Bertz CT molecular complexity index is 1030. The van der Waals surface area contributed by atoms with Crippen molar-refractivity contribution in [2.45, 2.75) is 6.92 Å². The van der Waals surface area contributed by atoms with Crippen molar-refractivity contribution in [2.24, 2.45) is 0 Å². The van der Waals surface area contributed by atoms with Crippen LogP contribution in [-0.4, -0.2) is 28.4 Å². The molecule has 2 rings (SSSR count). The second-order valence-electron chi connectivity index (χ2n) is 5.41. The van der Waals surface area contributed by atoms with Gasteiger partial charge in [-0.25, -0.2) is 9.18 Å². The molecule has 0 atom stereocenters. The lowest BCUT2D eigenvalue weighted by atomic mass is 10.0. The Morgan fingerprint density at radius 1 is 1.31 bits per heavy atom. The minimum Gasteiger partial charge on any atom is -0.506 e. The maximum Gasteiger partial charge on any atom is 0.343 e. The minimum absolute atomic E-state index is 0.0805. The lowest BCUT2D eigenvalue weighted by Crippen LogP contribution is -2.18. The van der Waals surface area contributed by atoms with Crippen LogP contribution < -0.4 is 5.32 Å². The molecular weight excluding hydrogens is 430 g/mol. The Morgan fingerprint density at radius 3 is 2.55 bits per heavy atom. The molecular formula is C18H13Cl2FN2O6. The molecule has 2 aromatic carbocycles. The number of benzene rings is 2. The van der Waals surface area contributed by atoms with Crippen molar-refractivity contribution in [2.75, 3.05) is 11.9 Å². The van der Waals surface area contributed by atoms with E-state index in [2.05, 4.69) is 5.32 Å². The van der Waals surface area contributed by atoms with E-state index in [1.54, 1.807) is 12.1 Å². The average Bonchev–Trinajstić information content (AvgIpc) is 2.66. The molecule has 0 spiro atoms. The van der Waals surface area contributed by atoms with Crippen molar-refractivity contribution in [3.8, 4) is 5.75 Å². The Balaban J connectivity index is 2.56. The highest BCUT2D eigenvalue weighted by atomic mass is 35.5. The number of ether oxygens (including phenoxy) is 1. The van der Waals surface area contributed by atoms with Gasteiger partial charge in [0.2, 0.25) is 5.78 Å². The molecule has 0 radical (unpaired) electrons. The first-order valence-electron chi connectivity index (χ1n) is 7.97. The highest BCUT2D eigenvalue weighted by molar-refractivity contribution is 6.42. The van der Waals surface area contributed by atoms with Crippen LogP contribution in [0, 0.1) is 15.9 Å². The summed E-state index contributed by atoms with van der Waals surface area (Å²) in [4.78, 5) is 35.2. The zero-order chi connectivity index (χ0) is 21.7. The van der Waals surface area contributed by atoms with Gasteiger partial charge in [0.25, 0.3) is 0 Å². The molecule has 8 nitrogen and oxygen atoms in total. The number of anilines is 1. The Hall–Kier alpha value is -3.17. The number of phenols is 1. The van der Waals surface area contributed by atoms with Gasteiger partial charge in [0.05, 0.1) is 22.8 Å². The summed E-state index contributed by atoms with van der Waals surface area (Å²) in [5.41, 5.74) is -2.14. The van der Waals surface area contributed by atoms with Crippen LogP contribution >= 0.6 is 23.2 Å². The number of hydrogen-bond donors (Lipinski definition) is 2. The van der Waals surface area contributed by atoms with E-state index in [9.17, 15) is 29.2 Å². The fourth-order valence-corrected chi connectivity index (χ4v) is 2.80. The van der Waals surface area contributed by atoms with Crippen LogP contribution in [0.2, 0.25) is 10.0 Å². The van der Waals surface area contributed by atoms with Gasteiger partial charge in [-0.2, -0.15) is 0 Å². The van der Waals surface area contributed by atoms with E-state index in [1.807, 2.05) is 0 Å². The fraction of sp³-hybridized carbons (Fsp3) is 0.111. The summed E-state index contributed by atoms with van der Waals surface area (Å²) in [6, 6.07) is 6.54. The van der Waals surface area contributed by atoms with Gasteiger partial charge in [-0.05, 0) is 25.1 Å². The number of nitro groups is 1. The SMILES string of the molecule is CCOC(=O)/C(=C\Nc1ccccc1O)C(=O)c1cc(F)c(Cl)c([N+](=O)[O-])c1Cl. The van der Waals surface area contributed by atoms with Crippen molar-refractivity contribution < 1.29 is 28.7 Å². The first-order valence-corrected chi connectivity index (χ1v) is 8.73. The second kappa shape index (κ2) is 9.35. The van der Waals surface area contributed by atoms with Gasteiger partial charge in [0.15, 0.2) is 5.02 Å².